The van der Waals surface area contributed by atoms with Crippen LogP contribution >= 0.6 is 0 Å². The van der Waals surface area contributed by atoms with Gasteiger partial charge in [-0.15, -0.1) is 0 Å². The lowest BCUT2D eigenvalue weighted by Gasteiger charge is -2.33. The first-order valence-corrected chi connectivity index (χ1v) is 9.47. The summed E-state index contributed by atoms with van der Waals surface area (Å²) < 4.78 is 11.4. The zero-order valence-electron chi connectivity index (χ0n) is 15.9. The Morgan fingerprint density at radius 1 is 1.19 bits per heavy atom. The average molecular weight is 361 g/mol. The molecule has 1 fully saturated rings. The molecule has 2 aliphatic rings. The highest BCUT2D eigenvalue weighted by Gasteiger charge is 2.16. The first kappa shape index (κ1) is 18.8. The molecule has 1 aromatic rings. The van der Waals surface area contributed by atoms with E-state index in [1.54, 1.807) is 0 Å². The summed E-state index contributed by atoms with van der Waals surface area (Å²) in [4.78, 5) is 9.38. The molecule has 0 amide bonds. The van der Waals surface area contributed by atoms with Crippen molar-refractivity contribution in [2.75, 3.05) is 64.8 Å². The van der Waals surface area contributed by atoms with Crippen LogP contribution in [-0.2, 0) is 0 Å². The molecule has 2 aliphatic heterocycles. The second-order valence-electron chi connectivity index (χ2n) is 7.27. The van der Waals surface area contributed by atoms with E-state index >= 15 is 0 Å². The number of hydrogen-bond donors (Lipinski definition) is 2. The summed E-state index contributed by atoms with van der Waals surface area (Å²) in [7, 11) is 2.18. The third kappa shape index (κ3) is 5.51. The van der Waals surface area contributed by atoms with Gasteiger partial charge in [0.05, 0.1) is 13.2 Å². The number of piperazine rings is 1. The zero-order valence-corrected chi connectivity index (χ0v) is 15.9. The molecule has 7 nitrogen and oxygen atoms in total. The van der Waals surface area contributed by atoms with Crippen molar-refractivity contribution in [1.29, 1.82) is 0 Å². The Hall–Kier alpha value is -1.99. The fourth-order valence-electron chi connectivity index (χ4n) is 3.21. The number of anilines is 1. The number of nitrogens with two attached hydrogens (primary N) is 1. The Kier molecular flexibility index (Phi) is 6.57. The summed E-state index contributed by atoms with van der Waals surface area (Å²) in [5.41, 5.74) is 6.92. The van der Waals surface area contributed by atoms with E-state index in [0.29, 0.717) is 25.1 Å². The molecule has 0 bridgehead atoms. The van der Waals surface area contributed by atoms with Crippen molar-refractivity contribution in [2.24, 2.45) is 16.6 Å². The van der Waals surface area contributed by atoms with Crippen LogP contribution in [0.25, 0.3) is 0 Å². The molecule has 0 radical (unpaired) electrons. The molecule has 0 aromatic heterocycles. The van der Waals surface area contributed by atoms with Crippen LogP contribution in [0, 0.1) is 5.92 Å². The number of ether oxygens (including phenoxy) is 2. The first-order valence-electron chi connectivity index (χ1n) is 9.47. The normalized spacial score (nSPS) is 20.5. The molecule has 1 saturated heterocycles. The van der Waals surface area contributed by atoms with Gasteiger partial charge >= 0.3 is 0 Å². The molecule has 0 saturated carbocycles. The molecule has 3 N–H and O–H groups in total. The van der Waals surface area contributed by atoms with Crippen LogP contribution in [-0.4, -0.2) is 75.3 Å². The van der Waals surface area contributed by atoms with E-state index in [1.807, 2.05) is 18.2 Å². The van der Waals surface area contributed by atoms with E-state index in [9.17, 15) is 0 Å². The second kappa shape index (κ2) is 9.09. The van der Waals surface area contributed by atoms with Crippen LogP contribution in [0.5, 0.6) is 11.5 Å². The van der Waals surface area contributed by atoms with E-state index in [-0.39, 0.29) is 0 Å². The topological polar surface area (TPSA) is 75.3 Å². The third-order valence-corrected chi connectivity index (χ3v) is 4.76. The highest BCUT2D eigenvalue weighted by atomic mass is 16.5. The maximum Gasteiger partial charge on any atom is 0.193 e. The smallest absolute Gasteiger partial charge is 0.193 e. The SMILES string of the molecule is CC(CN=C(N)Nc1ccc2c(c1)OCCCO2)CN1CCN(C)CC1. The Balaban J connectivity index is 1.48. The summed E-state index contributed by atoms with van der Waals surface area (Å²) in [6.45, 7) is 9.92. The van der Waals surface area contributed by atoms with Crippen LogP contribution in [0.4, 0.5) is 5.69 Å². The maximum absolute atomic E-state index is 6.06. The number of guanidine groups is 1. The lowest BCUT2D eigenvalue weighted by molar-refractivity contribution is 0.140. The molecule has 1 atom stereocenters. The summed E-state index contributed by atoms with van der Waals surface area (Å²) >= 11 is 0. The fourth-order valence-corrected chi connectivity index (χ4v) is 3.21. The highest BCUT2D eigenvalue weighted by Crippen LogP contribution is 2.32. The van der Waals surface area contributed by atoms with Gasteiger partial charge in [-0.25, -0.2) is 0 Å². The maximum atomic E-state index is 6.06. The molecule has 144 valence electrons. The first-order chi connectivity index (χ1) is 12.6. The van der Waals surface area contributed by atoms with Crippen molar-refractivity contribution in [3.8, 4) is 11.5 Å². The predicted molar refractivity (Wildman–Crippen MR) is 105 cm³/mol. The van der Waals surface area contributed by atoms with E-state index in [0.717, 1.165) is 62.9 Å². The molecule has 1 unspecified atom stereocenters. The van der Waals surface area contributed by atoms with E-state index in [4.69, 9.17) is 15.2 Å². The minimum absolute atomic E-state index is 0.435. The Labute approximate surface area is 156 Å². The molecular formula is C19H31N5O2. The van der Waals surface area contributed by atoms with Crippen LogP contribution in [0.2, 0.25) is 0 Å². The fraction of sp³-hybridized carbons (Fsp3) is 0.632. The minimum Gasteiger partial charge on any atom is -0.490 e. The van der Waals surface area contributed by atoms with Gasteiger partial charge in [-0.1, -0.05) is 6.92 Å². The molecule has 0 aliphatic carbocycles. The standard InChI is InChI=1S/C19H31N5O2/c1-15(14-24-8-6-23(2)7-9-24)13-21-19(20)22-16-4-5-17-18(12-16)26-11-3-10-25-17/h4-5,12,15H,3,6-11,13-14H2,1-2H3,(H3,20,21,22). The largest absolute Gasteiger partial charge is 0.490 e. The van der Waals surface area contributed by atoms with E-state index in [1.165, 1.54) is 0 Å². The number of hydrogen-bond acceptors (Lipinski definition) is 5. The van der Waals surface area contributed by atoms with Gasteiger partial charge in [-0.3, -0.25) is 4.99 Å². The quantitative estimate of drug-likeness (QED) is 0.611. The summed E-state index contributed by atoms with van der Waals surface area (Å²) in [5.74, 6) is 2.44. The van der Waals surface area contributed by atoms with Gasteiger partial charge in [-0.05, 0) is 25.1 Å². The van der Waals surface area contributed by atoms with Crippen LogP contribution in [0.1, 0.15) is 13.3 Å². The predicted octanol–water partition coefficient (Wildman–Crippen LogP) is 1.46. The van der Waals surface area contributed by atoms with E-state index < -0.39 is 0 Å². The van der Waals surface area contributed by atoms with Crippen LogP contribution < -0.4 is 20.5 Å². The lowest BCUT2D eigenvalue weighted by atomic mass is 10.1. The van der Waals surface area contributed by atoms with Crippen molar-refractivity contribution in [2.45, 2.75) is 13.3 Å². The highest BCUT2D eigenvalue weighted by molar-refractivity contribution is 5.92. The monoisotopic (exact) mass is 361 g/mol. The van der Waals surface area contributed by atoms with Crippen molar-refractivity contribution in [3.05, 3.63) is 18.2 Å². The summed E-state index contributed by atoms with van der Waals surface area (Å²) in [5, 5.41) is 3.15. The third-order valence-electron chi connectivity index (χ3n) is 4.76. The van der Waals surface area contributed by atoms with Gasteiger partial charge in [0.15, 0.2) is 17.5 Å². The molecule has 26 heavy (non-hydrogen) atoms. The average Bonchev–Trinajstić information content (AvgIpc) is 2.87. The number of aliphatic imine (C=N–C) groups is 1. The van der Waals surface area contributed by atoms with Gasteiger partial charge in [-0.2, -0.15) is 0 Å². The number of nitrogens with one attached hydrogen (secondary N) is 1. The van der Waals surface area contributed by atoms with Crippen molar-refractivity contribution in [1.82, 2.24) is 9.80 Å². The number of fused-ring (bicyclic) bond motifs is 1. The van der Waals surface area contributed by atoms with E-state index in [2.05, 4.69) is 34.1 Å². The lowest BCUT2D eigenvalue weighted by Crippen LogP contribution is -2.46. The summed E-state index contributed by atoms with van der Waals surface area (Å²) in [6.07, 6.45) is 0.895. The van der Waals surface area contributed by atoms with Gasteiger partial charge in [0.1, 0.15) is 0 Å². The van der Waals surface area contributed by atoms with Crippen LogP contribution in [0.3, 0.4) is 0 Å². The summed E-state index contributed by atoms with van der Waals surface area (Å²) in [6, 6.07) is 5.76. The molecule has 1 aromatic carbocycles. The molecular weight excluding hydrogens is 330 g/mol. The molecule has 7 heteroatoms. The molecule has 2 heterocycles. The van der Waals surface area contributed by atoms with Crippen molar-refractivity contribution >= 4 is 11.6 Å². The number of benzene rings is 1. The zero-order chi connectivity index (χ0) is 18.4. The van der Waals surface area contributed by atoms with Gasteiger partial charge in [0, 0.05) is 57.4 Å². The minimum atomic E-state index is 0.435. The van der Waals surface area contributed by atoms with Gasteiger partial charge < -0.3 is 30.3 Å². The Morgan fingerprint density at radius 3 is 2.69 bits per heavy atom. The molecule has 3 rings (SSSR count). The number of nitrogens with zero attached hydrogens (tertiary/aromatic N) is 3. The van der Waals surface area contributed by atoms with Gasteiger partial charge in [0.25, 0.3) is 0 Å². The number of likely N-dealkylation sites (N-methyl/N-ethyl adjacent to an activating group) is 1. The van der Waals surface area contributed by atoms with Crippen LogP contribution in [0.15, 0.2) is 23.2 Å². The Morgan fingerprint density at radius 2 is 1.92 bits per heavy atom. The Bertz CT molecular complexity index is 614. The second-order valence-corrected chi connectivity index (χ2v) is 7.27. The number of rotatable bonds is 5. The van der Waals surface area contributed by atoms with Crippen molar-refractivity contribution < 1.29 is 9.47 Å². The van der Waals surface area contributed by atoms with Gasteiger partial charge in [0.2, 0.25) is 0 Å². The molecule has 0 spiro atoms. The van der Waals surface area contributed by atoms with Crippen molar-refractivity contribution in [3.63, 3.8) is 0 Å².